The van der Waals surface area contributed by atoms with Crippen LogP contribution in [0, 0.1) is 0 Å². The number of thiazole rings is 1. The van der Waals surface area contributed by atoms with E-state index in [0.29, 0.717) is 37.1 Å². The molecule has 7 nitrogen and oxygen atoms in total. The fraction of sp³-hybridized carbons (Fsp3) is 0.324. The molecule has 0 spiro atoms. The van der Waals surface area contributed by atoms with E-state index in [2.05, 4.69) is 71.1 Å². The number of nitrogens with zero attached hydrogens (tertiary/aromatic N) is 3. The molecule has 1 aliphatic rings. The number of aromatic nitrogens is 1. The molecule has 0 radical (unpaired) electrons. The quantitative estimate of drug-likeness (QED) is 0.213. The number of nitrogens with one attached hydrogen (secondary N) is 2. The number of urea groups is 1. The molecule has 1 fully saturated rings. The molecule has 5 rings (SSSR count). The van der Waals surface area contributed by atoms with Crippen LogP contribution < -0.4 is 10.6 Å². The van der Waals surface area contributed by atoms with Crippen LogP contribution in [0.3, 0.4) is 0 Å². The third kappa shape index (κ3) is 8.05. The minimum Gasteiger partial charge on any atom is -0.340 e. The number of carbonyl (C=O) groups is 2. The van der Waals surface area contributed by atoms with Gasteiger partial charge in [-0.15, -0.1) is 11.3 Å². The number of amides is 3. The van der Waals surface area contributed by atoms with E-state index in [4.69, 9.17) is 0 Å². The molecule has 0 saturated carbocycles. The van der Waals surface area contributed by atoms with Gasteiger partial charge in [-0.05, 0) is 30.9 Å². The van der Waals surface area contributed by atoms with E-state index in [-0.39, 0.29) is 17.9 Å². The number of hydrogen-bond donors (Lipinski definition) is 2. The van der Waals surface area contributed by atoms with Crippen molar-refractivity contribution in [2.75, 3.05) is 38.0 Å². The first-order valence-electron chi connectivity index (χ1n) is 14.7. The molecule has 2 heterocycles. The molecule has 3 aromatic carbocycles. The summed E-state index contributed by atoms with van der Waals surface area (Å²) >= 11 is 1.42. The van der Waals surface area contributed by atoms with Gasteiger partial charge in [-0.3, -0.25) is 10.1 Å². The van der Waals surface area contributed by atoms with Gasteiger partial charge in [-0.1, -0.05) is 91.0 Å². The Hall–Kier alpha value is -4.01. The van der Waals surface area contributed by atoms with Gasteiger partial charge < -0.3 is 15.1 Å². The van der Waals surface area contributed by atoms with Crippen molar-refractivity contribution in [1.29, 1.82) is 0 Å². The zero-order valence-electron chi connectivity index (χ0n) is 24.1. The fourth-order valence-corrected chi connectivity index (χ4v) is 6.19. The minimum atomic E-state index is -0.188. The van der Waals surface area contributed by atoms with Crippen molar-refractivity contribution in [1.82, 2.24) is 20.1 Å². The zero-order chi connectivity index (χ0) is 29.1. The number of hydrogen-bond acceptors (Lipinski definition) is 5. The van der Waals surface area contributed by atoms with Crippen LogP contribution in [0.15, 0.2) is 96.4 Å². The number of piperazine rings is 1. The standard InChI is InChI=1S/C34H39N5O2S/c1-26-24-39(23-20-35-26)32(40)18-11-21-38(34(41)37-33-36-31(25-42-33)29-16-9-4-10-17-29)22-19-30(27-12-5-2-6-13-27)28-14-7-3-8-15-28/h2-10,12-17,25-26,30,35H,11,18-24H2,1H3,(H,36,37,41)/t26-/m0/s1. The summed E-state index contributed by atoms with van der Waals surface area (Å²) in [6.45, 7) is 5.43. The average Bonchev–Trinajstić information content (AvgIpc) is 3.50. The summed E-state index contributed by atoms with van der Waals surface area (Å²) in [4.78, 5) is 35.0. The van der Waals surface area contributed by atoms with Gasteiger partial charge >= 0.3 is 6.03 Å². The van der Waals surface area contributed by atoms with Crippen molar-refractivity contribution < 1.29 is 9.59 Å². The molecule has 4 aromatic rings. The van der Waals surface area contributed by atoms with Crippen LogP contribution in [0.4, 0.5) is 9.93 Å². The fourth-order valence-electron chi connectivity index (χ4n) is 5.48. The van der Waals surface area contributed by atoms with Crippen molar-refractivity contribution in [2.24, 2.45) is 0 Å². The zero-order valence-corrected chi connectivity index (χ0v) is 24.9. The monoisotopic (exact) mass is 581 g/mol. The van der Waals surface area contributed by atoms with E-state index >= 15 is 0 Å². The molecule has 1 aliphatic heterocycles. The molecule has 3 amide bonds. The van der Waals surface area contributed by atoms with Crippen molar-refractivity contribution in [3.8, 4) is 11.3 Å². The molecular weight excluding hydrogens is 542 g/mol. The third-order valence-corrected chi connectivity index (χ3v) is 8.46. The van der Waals surface area contributed by atoms with Crippen molar-refractivity contribution in [3.05, 3.63) is 108 Å². The SMILES string of the molecule is C[C@H]1CN(C(=O)CCCN(CCC(c2ccccc2)c2ccccc2)C(=O)Nc2nc(-c3ccccc3)cs2)CCN1. The summed E-state index contributed by atoms with van der Waals surface area (Å²) in [6, 6.07) is 31.0. The minimum absolute atomic E-state index is 0.149. The highest BCUT2D eigenvalue weighted by Crippen LogP contribution is 2.29. The first kappa shape index (κ1) is 29.5. The third-order valence-electron chi connectivity index (χ3n) is 7.71. The Bertz CT molecular complexity index is 1370. The lowest BCUT2D eigenvalue weighted by Gasteiger charge is -2.32. The summed E-state index contributed by atoms with van der Waals surface area (Å²) in [7, 11) is 0. The Kier molecular flexibility index (Phi) is 10.4. The molecule has 0 aliphatic carbocycles. The van der Waals surface area contributed by atoms with E-state index in [1.165, 1.54) is 22.5 Å². The molecule has 1 atom stereocenters. The first-order valence-corrected chi connectivity index (χ1v) is 15.6. The molecule has 42 heavy (non-hydrogen) atoms. The van der Waals surface area contributed by atoms with Crippen LogP contribution in [0.25, 0.3) is 11.3 Å². The Morgan fingerprint density at radius 3 is 2.26 bits per heavy atom. The van der Waals surface area contributed by atoms with Crippen LogP contribution in [-0.4, -0.2) is 65.5 Å². The van der Waals surface area contributed by atoms with Gasteiger partial charge in [0.25, 0.3) is 0 Å². The normalized spacial score (nSPS) is 15.0. The molecule has 218 valence electrons. The van der Waals surface area contributed by atoms with Crippen molar-refractivity contribution in [2.45, 2.75) is 38.1 Å². The summed E-state index contributed by atoms with van der Waals surface area (Å²) in [5.41, 5.74) is 4.30. The van der Waals surface area contributed by atoms with Crippen LogP contribution in [0.1, 0.15) is 43.2 Å². The summed E-state index contributed by atoms with van der Waals surface area (Å²) in [5.74, 6) is 0.304. The van der Waals surface area contributed by atoms with Gasteiger partial charge in [0.1, 0.15) is 0 Å². The van der Waals surface area contributed by atoms with Crippen LogP contribution in [0.5, 0.6) is 0 Å². The van der Waals surface area contributed by atoms with E-state index < -0.39 is 0 Å². The predicted octanol–water partition coefficient (Wildman–Crippen LogP) is 6.47. The topological polar surface area (TPSA) is 77.6 Å². The second kappa shape index (κ2) is 14.8. The molecule has 0 bridgehead atoms. The lowest BCUT2D eigenvalue weighted by Crippen LogP contribution is -2.51. The lowest BCUT2D eigenvalue weighted by atomic mass is 9.88. The van der Waals surface area contributed by atoms with Gasteiger partial charge in [0.15, 0.2) is 5.13 Å². The smallest absolute Gasteiger partial charge is 0.323 e. The highest BCUT2D eigenvalue weighted by Gasteiger charge is 2.23. The molecule has 0 unspecified atom stereocenters. The maximum absolute atomic E-state index is 13.6. The van der Waals surface area contributed by atoms with Gasteiger partial charge in [0, 0.05) is 62.0 Å². The largest absolute Gasteiger partial charge is 0.340 e. The number of anilines is 1. The molecular formula is C34H39N5O2S. The lowest BCUT2D eigenvalue weighted by molar-refractivity contribution is -0.132. The van der Waals surface area contributed by atoms with Gasteiger partial charge in [-0.25, -0.2) is 9.78 Å². The Morgan fingerprint density at radius 2 is 1.62 bits per heavy atom. The highest BCUT2D eigenvalue weighted by molar-refractivity contribution is 7.14. The van der Waals surface area contributed by atoms with Gasteiger partial charge in [0.05, 0.1) is 5.69 Å². The summed E-state index contributed by atoms with van der Waals surface area (Å²) in [6.07, 6.45) is 1.80. The van der Waals surface area contributed by atoms with Crippen LogP contribution >= 0.6 is 11.3 Å². The number of benzene rings is 3. The molecule has 1 saturated heterocycles. The maximum atomic E-state index is 13.6. The average molecular weight is 582 g/mol. The Labute approximate surface area is 252 Å². The number of rotatable bonds is 11. The van der Waals surface area contributed by atoms with Gasteiger partial charge in [0.2, 0.25) is 5.91 Å². The summed E-state index contributed by atoms with van der Waals surface area (Å²) < 4.78 is 0. The van der Waals surface area contributed by atoms with E-state index in [9.17, 15) is 9.59 Å². The molecule has 2 N–H and O–H groups in total. The second-order valence-electron chi connectivity index (χ2n) is 10.8. The predicted molar refractivity (Wildman–Crippen MR) is 171 cm³/mol. The summed E-state index contributed by atoms with van der Waals surface area (Å²) in [5, 5.41) is 8.95. The highest BCUT2D eigenvalue weighted by atomic mass is 32.1. The van der Waals surface area contributed by atoms with Crippen LogP contribution in [-0.2, 0) is 4.79 Å². The van der Waals surface area contributed by atoms with Gasteiger partial charge in [-0.2, -0.15) is 0 Å². The Balaban J connectivity index is 1.28. The van der Waals surface area contributed by atoms with Crippen molar-refractivity contribution >= 4 is 28.4 Å². The van der Waals surface area contributed by atoms with Crippen LogP contribution in [0.2, 0.25) is 0 Å². The van der Waals surface area contributed by atoms with Crippen molar-refractivity contribution in [3.63, 3.8) is 0 Å². The van der Waals surface area contributed by atoms with E-state index in [1.807, 2.05) is 57.6 Å². The molecule has 8 heteroatoms. The first-order chi connectivity index (χ1) is 20.6. The van der Waals surface area contributed by atoms with E-state index in [1.54, 1.807) is 0 Å². The van der Waals surface area contributed by atoms with E-state index in [0.717, 1.165) is 37.3 Å². The second-order valence-corrected chi connectivity index (χ2v) is 11.6. The Morgan fingerprint density at radius 1 is 0.976 bits per heavy atom. The number of carbonyl (C=O) groups excluding carboxylic acids is 2. The molecule has 1 aromatic heterocycles. The maximum Gasteiger partial charge on any atom is 0.323 e.